The first kappa shape index (κ1) is 11.2. The summed E-state index contributed by atoms with van der Waals surface area (Å²) in [6, 6.07) is 0.925. The number of alkyl halides is 1. The summed E-state index contributed by atoms with van der Waals surface area (Å²) >= 11 is 5.64. The molecule has 1 amide bonds. The van der Waals surface area contributed by atoms with Crippen molar-refractivity contribution in [3.63, 3.8) is 0 Å². The quantitative estimate of drug-likeness (QED) is 0.668. The zero-order valence-electron chi connectivity index (χ0n) is 9.29. The molecule has 0 aliphatic carbocycles. The van der Waals surface area contributed by atoms with Crippen molar-refractivity contribution in [2.45, 2.75) is 37.8 Å². The van der Waals surface area contributed by atoms with E-state index in [-0.39, 0.29) is 5.91 Å². The van der Waals surface area contributed by atoms with Gasteiger partial charge in [-0.05, 0) is 32.9 Å². The fraction of sp³-hybridized carbons (Fsp3) is 0.909. The van der Waals surface area contributed by atoms with Crippen LogP contribution in [0.4, 0.5) is 0 Å². The number of fused-ring (bicyclic) bond motifs is 2. The molecule has 0 saturated carbocycles. The van der Waals surface area contributed by atoms with Gasteiger partial charge in [-0.2, -0.15) is 0 Å². The lowest BCUT2D eigenvalue weighted by molar-refractivity contribution is -0.133. The maximum atomic E-state index is 11.9. The molecular weight excluding hydrogens is 212 g/mol. The third kappa shape index (κ3) is 2.28. The lowest BCUT2D eigenvalue weighted by Gasteiger charge is -2.28. The van der Waals surface area contributed by atoms with Crippen molar-refractivity contribution in [3.05, 3.63) is 0 Å². The van der Waals surface area contributed by atoms with Crippen LogP contribution in [-0.4, -0.2) is 53.8 Å². The Morgan fingerprint density at radius 3 is 2.80 bits per heavy atom. The molecule has 2 aliphatic rings. The Hall–Kier alpha value is -0.280. The highest BCUT2D eigenvalue weighted by Gasteiger charge is 2.38. The van der Waals surface area contributed by atoms with Gasteiger partial charge < -0.3 is 9.80 Å². The largest absolute Gasteiger partial charge is 0.335 e. The van der Waals surface area contributed by atoms with Crippen molar-refractivity contribution in [3.8, 4) is 0 Å². The molecule has 0 aromatic rings. The summed E-state index contributed by atoms with van der Waals surface area (Å²) in [7, 11) is 2.14. The fourth-order valence-corrected chi connectivity index (χ4v) is 3.02. The molecule has 4 heteroatoms. The number of nitrogens with zero attached hydrogens (tertiary/aromatic N) is 2. The fourth-order valence-electron chi connectivity index (χ4n) is 2.86. The van der Waals surface area contributed by atoms with E-state index >= 15 is 0 Å². The van der Waals surface area contributed by atoms with Crippen molar-refractivity contribution in [2.24, 2.45) is 0 Å². The first-order valence-electron chi connectivity index (χ1n) is 5.78. The van der Waals surface area contributed by atoms with Gasteiger partial charge in [0.05, 0.1) is 0 Å². The number of likely N-dealkylation sites (tertiary alicyclic amines) is 1. The normalized spacial score (nSPS) is 31.7. The minimum absolute atomic E-state index is 0.257. The second-order valence-electron chi connectivity index (χ2n) is 4.68. The maximum Gasteiger partial charge on any atom is 0.224 e. The van der Waals surface area contributed by atoms with Gasteiger partial charge in [-0.3, -0.25) is 4.79 Å². The number of halogens is 1. The summed E-state index contributed by atoms with van der Waals surface area (Å²) in [6.45, 7) is 2.15. The van der Waals surface area contributed by atoms with E-state index in [1.807, 2.05) is 0 Å². The molecule has 3 nitrogen and oxygen atoms in total. The molecule has 2 aliphatic heterocycles. The van der Waals surface area contributed by atoms with E-state index in [1.54, 1.807) is 0 Å². The summed E-state index contributed by atoms with van der Waals surface area (Å²) in [5.74, 6) is 0.706. The third-order valence-corrected chi connectivity index (χ3v) is 3.77. The van der Waals surface area contributed by atoms with Crippen LogP contribution in [0.2, 0.25) is 0 Å². The number of hydrogen-bond donors (Lipinski definition) is 0. The molecule has 2 atom stereocenters. The van der Waals surface area contributed by atoms with E-state index in [2.05, 4.69) is 16.8 Å². The average molecular weight is 231 g/mol. The van der Waals surface area contributed by atoms with Crippen LogP contribution >= 0.6 is 11.6 Å². The molecule has 2 fully saturated rings. The minimum atomic E-state index is 0.257. The summed E-state index contributed by atoms with van der Waals surface area (Å²) in [5.41, 5.74) is 0. The van der Waals surface area contributed by atoms with Crippen molar-refractivity contribution >= 4 is 17.5 Å². The molecule has 86 valence electrons. The smallest absolute Gasteiger partial charge is 0.224 e. The number of hydrogen-bond acceptors (Lipinski definition) is 2. The summed E-state index contributed by atoms with van der Waals surface area (Å²) in [6.07, 6.45) is 3.98. The van der Waals surface area contributed by atoms with E-state index < -0.39 is 0 Å². The highest BCUT2D eigenvalue weighted by Crippen LogP contribution is 2.30. The maximum absolute atomic E-state index is 11.9. The Bertz CT molecular complexity index is 247. The SMILES string of the molecule is CN1CCC2CCC(C1)N2C(=O)CCCl. The first-order chi connectivity index (χ1) is 7.22. The summed E-state index contributed by atoms with van der Waals surface area (Å²) < 4.78 is 0. The van der Waals surface area contributed by atoms with Crippen LogP contribution in [0.5, 0.6) is 0 Å². The Morgan fingerprint density at radius 1 is 1.33 bits per heavy atom. The van der Waals surface area contributed by atoms with Gasteiger partial charge in [0.1, 0.15) is 0 Å². The van der Waals surface area contributed by atoms with Gasteiger partial charge >= 0.3 is 0 Å². The predicted molar refractivity (Wildman–Crippen MR) is 61.1 cm³/mol. The molecule has 2 unspecified atom stereocenters. The Labute approximate surface area is 96.4 Å². The van der Waals surface area contributed by atoms with E-state index in [4.69, 9.17) is 11.6 Å². The van der Waals surface area contributed by atoms with E-state index in [9.17, 15) is 4.79 Å². The number of likely N-dealkylation sites (N-methyl/N-ethyl adjacent to an activating group) is 1. The van der Waals surface area contributed by atoms with E-state index in [1.165, 1.54) is 12.8 Å². The minimum Gasteiger partial charge on any atom is -0.335 e. The van der Waals surface area contributed by atoms with Crippen molar-refractivity contribution < 1.29 is 4.79 Å². The third-order valence-electron chi connectivity index (χ3n) is 3.58. The molecule has 0 aromatic carbocycles. The first-order valence-corrected chi connectivity index (χ1v) is 6.31. The molecule has 2 heterocycles. The second kappa shape index (κ2) is 4.71. The monoisotopic (exact) mass is 230 g/mol. The number of rotatable bonds is 2. The van der Waals surface area contributed by atoms with Crippen molar-refractivity contribution in [1.82, 2.24) is 9.80 Å². The molecule has 0 N–H and O–H groups in total. The highest BCUT2D eigenvalue weighted by molar-refractivity contribution is 6.18. The average Bonchev–Trinajstić information content (AvgIpc) is 2.49. The number of carbonyl (C=O) groups excluding carboxylic acids is 1. The van der Waals surface area contributed by atoms with Gasteiger partial charge in [-0.15, -0.1) is 11.6 Å². The molecule has 0 radical (unpaired) electrons. The molecule has 15 heavy (non-hydrogen) atoms. The van der Waals surface area contributed by atoms with Crippen LogP contribution in [0.3, 0.4) is 0 Å². The Morgan fingerprint density at radius 2 is 2.07 bits per heavy atom. The Kier molecular flexibility index (Phi) is 3.52. The van der Waals surface area contributed by atoms with Gasteiger partial charge in [0.25, 0.3) is 0 Å². The van der Waals surface area contributed by atoms with Crippen LogP contribution < -0.4 is 0 Å². The van der Waals surface area contributed by atoms with Crippen LogP contribution in [-0.2, 0) is 4.79 Å². The van der Waals surface area contributed by atoms with Gasteiger partial charge in [0.15, 0.2) is 0 Å². The van der Waals surface area contributed by atoms with Crippen molar-refractivity contribution in [1.29, 1.82) is 0 Å². The zero-order valence-corrected chi connectivity index (χ0v) is 10.0. The van der Waals surface area contributed by atoms with Gasteiger partial charge in [0.2, 0.25) is 5.91 Å². The van der Waals surface area contributed by atoms with Gasteiger partial charge in [0, 0.05) is 30.9 Å². The molecule has 0 spiro atoms. The predicted octanol–water partition coefficient (Wildman–Crippen LogP) is 1.31. The van der Waals surface area contributed by atoms with Gasteiger partial charge in [-0.25, -0.2) is 0 Å². The molecule has 0 aromatic heterocycles. The van der Waals surface area contributed by atoms with Crippen LogP contribution in [0.1, 0.15) is 25.7 Å². The molecule has 2 rings (SSSR count). The standard InChI is InChI=1S/C11H19ClN2O/c1-13-7-5-9-2-3-10(8-13)14(9)11(15)4-6-12/h9-10H,2-8H2,1H3. The van der Waals surface area contributed by atoms with Crippen LogP contribution in [0.25, 0.3) is 0 Å². The topological polar surface area (TPSA) is 23.6 Å². The van der Waals surface area contributed by atoms with Crippen LogP contribution in [0.15, 0.2) is 0 Å². The number of carbonyl (C=O) groups is 1. The molecular formula is C11H19ClN2O. The summed E-state index contributed by atoms with van der Waals surface area (Å²) in [4.78, 5) is 16.4. The number of amides is 1. The Balaban J connectivity index is 2.07. The second-order valence-corrected chi connectivity index (χ2v) is 5.05. The van der Waals surface area contributed by atoms with E-state index in [0.29, 0.717) is 24.4 Å². The van der Waals surface area contributed by atoms with E-state index in [0.717, 1.165) is 19.5 Å². The zero-order chi connectivity index (χ0) is 10.8. The van der Waals surface area contributed by atoms with Crippen molar-refractivity contribution in [2.75, 3.05) is 26.0 Å². The highest BCUT2D eigenvalue weighted by atomic mass is 35.5. The molecule has 2 saturated heterocycles. The lowest BCUT2D eigenvalue weighted by atomic mass is 10.1. The lowest BCUT2D eigenvalue weighted by Crippen LogP contribution is -2.42. The van der Waals surface area contributed by atoms with Crippen LogP contribution in [0, 0.1) is 0 Å². The molecule has 2 bridgehead atoms. The summed E-state index contributed by atoms with van der Waals surface area (Å²) in [5, 5.41) is 0. The van der Waals surface area contributed by atoms with Gasteiger partial charge in [-0.1, -0.05) is 0 Å².